The first-order chi connectivity index (χ1) is 21.0. The lowest BCUT2D eigenvalue weighted by molar-refractivity contribution is -0.121. The van der Waals surface area contributed by atoms with Gasteiger partial charge in [0.15, 0.2) is 0 Å². The van der Waals surface area contributed by atoms with Gasteiger partial charge in [0.1, 0.15) is 24.0 Å². The van der Waals surface area contributed by atoms with Crippen LogP contribution in [0.4, 0.5) is 9.59 Å². The van der Waals surface area contributed by atoms with E-state index in [1.54, 1.807) is 29.2 Å². The molecule has 0 aliphatic carbocycles. The Morgan fingerprint density at radius 2 is 1.77 bits per heavy atom. The summed E-state index contributed by atoms with van der Waals surface area (Å²) >= 11 is 0. The molecule has 2 unspecified atom stereocenters. The molecule has 11 nitrogen and oxygen atoms in total. The van der Waals surface area contributed by atoms with Crippen LogP contribution in [0.3, 0.4) is 0 Å². The second-order valence-electron chi connectivity index (χ2n) is 12.4. The highest BCUT2D eigenvalue weighted by Gasteiger charge is 2.41. The number of imide groups is 1. The number of hydrogen-bond acceptors (Lipinski definition) is 7. The fourth-order valence-electron chi connectivity index (χ4n) is 5.82. The van der Waals surface area contributed by atoms with E-state index in [0.717, 1.165) is 22.2 Å². The van der Waals surface area contributed by atoms with Crippen LogP contribution in [0.25, 0.3) is 10.9 Å². The number of piperidine rings is 1. The maximum atomic E-state index is 13.1. The molecule has 0 saturated carbocycles. The quantitative estimate of drug-likeness (QED) is 0.327. The maximum absolute atomic E-state index is 13.1. The van der Waals surface area contributed by atoms with Crippen molar-refractivity contribution in [3.63, 3.8) is 0 Å². The first-order valence-corrected chi connectivity index (χ1v) is 14.9. The van der Waals surface area contributed by atoms with E-state index in [0.29, 0.717) is 43.9 Å². The largest absolute Gasteiger partial charge is 0.489 e. The van der Waals surface area contributed by atoms with Crippen molar-refractivity contribution in [1.29, 1.82) is 0 Å². The zero-order valence-electron chi connectivity index (χ0n) is 25.5. The van der Waals surface area contributed by atoms with Crippen molar-refractivity contribution < 1.29 is 28.7 Å². The van der Waals surface area contributed by atoms with Crippen molar-refractivity contribution in [3.05, 3.63) is 71.4 Å². The standard InChI is InChI=1S/C33H39N5O6/c1-20-17-23(25-7-5-6-8-27(25)35-20)19-43-24-11-9-22(10-12-24)29(39)34-18-26(28-30(40)37-31(41)36-28)21-13-15-38(16-14-21)32(42)44-33(2,3)4/h5-12,17,21,26,28H,13-16,18-19H2,1-4H3,(H,34,39)(H2,36,37,40,41). The molecule has 5 amide bonds. The normalized spacial score (nSPS) is 18.0. The van der Waals surface area contributed by atoms with E-state index in [-0.39, 0.29) is 30.4 Å². The smallest absolute Gasteiger partial charge is 0.410 e. The van der Waals surface area contributed by atoms with Crippen molar-refractivity contribution in [2.24, 2.45) is 11.8 Å². The molecule has 3 aromatic rings. The predicted molar refractivity (Wildman–Crippen MR) is 164 cm³/mol. The van der Waals surface area contributed by atoms with Crippen LogP contribution in [0, 0.1) is 18.8 Å². The second kappa shape index (κ2) is 12.9. The van der Waals surface area contributed by atoms with Gasteiger partial charge in [-0.25, -0.2) is 9.59 Å². The lowest BCUT2D eigenvalue weighted by Gasteiger charge is -2.38. The lowest BCUT2D eigenvalue weighted by atomic mass is 9.79. The molecule has 1 aromatic heterocycles. The van der Waals surface area contributed by atoms with Crippen LogP contribution in [0.5, 0.6) is 5.75 Å². The number of urea groups is 1. The van der Waals surface area contributed by atoms with E-state index < -0.39 is 23.6 Å². The molecule has 2 aliphatic rings. The summed E-state index contributed by atoms with van der Waals surface area (Å²) in [5.41, 5.74) is 2.71. The van der Waals surface area contributed by atoms with Gasteiger partial charge in [-0.05, 0) is 82.9 Å². The highest BCUT2D eigenvalue weighted by molar-refractivity contribution is 6.04. The number of ether oxygens (including phenoxy) is 2. The minimum absolute atomic E-state index is 0.00758. The third-order valence-corrected chi connectivity index (χ3v) is 7.97. The number of carbonyl (C=O) groups is 4. The number of carbonyl (C=O) groups excluding carboxylic acids is 4. The summed E-state index contributed by atoms with van der Waals surface area (Å²) in [4.78, 5) is 56.4. The molecule has 11 heteroatoms. The van der Waals surface area contributed by atoms with Crippen molar-refractivity contribution >= 4 is 34.8 Å². The number of rotatable bonds is 8. The number of fused-ring (bicyclic) bond motifs is 1. The Morgan fingerprint density at radius 1 is 1.07 bits per heavy atom. The van der Waals surface area contributed by atoms with Gasteiger partial charge in [-0.3, -0.25) is 19.9 Å². The average Bonchev–Trinajstić information content (AvgIpc) is 3.32. The topological polar surface area (TPSA) is 139 Å². The summed E-state index contributed by atoms with van der Waals surface area (Å²) in [6, 6.07) is 15.5. The van der Waals surface area contributed by atoms with E-state index in [2.05, 4.69) is 20.9 Å². The molecule has 0 spiro atoms. The Bertz CT molecular complexity index is 1540. The van der Waals surface area contributed by atoms with E-state index in [1.807, 2.05) is 58.0 Å². The van der Waals surface area contributed by atoms with Gasteiger partial charge in [0, 0.05) is 47.8 Å². The first-order valence-electron chi connectivity index (χ1n) is 14.9. The molecule has 2 atom stereocenters. The van der Waals surface area contributed by atoms with Crippen LogP contribution in [0.1, 0.15) is 55.2 Å². The Hall–Kier alpha value is -4.67. The third-order valence-electron chi connectivity index (χ3n) is 7.97. The predicted octanol–water partition coefficient (Wildman–Crippen LogP) is 4.32. The average molecular weight is 602 g/mol. The Kier molecular flexibility index (Phi) is 9.03. The number of likely N-dealkylation sites (tertiary alicyclic amines) is 1. The number of hydrogen-bond donors (Lipinski definition) is 3. The van der Waals surface area contributed by atoms with Crippen molar-refractivity contribution in [2.75, 3.05) is 19.6 Å². The molecule has 2 fully saturated rings. The molecule has 2 aliphatic heterocycles. The summed E-state index contributed by atoms with van der Waals surface area (Å²) < 4.78 is 11.5. The van der Waals surface area contributed by atoms with Gasteiger partial charge in [-0.15, -0.1) is 0 Å². The van der Waals surface area contributed by atoms with Gasteiger partial charge in [0.05, 0.1) is 5.52 Å². The van der Waals surface area contributed by atoms with E-state index in [9.17, 15) is 19.2 Å². The van der Waals surface area contributed by atoms with E-state index >= 15 is 0 Å². The molecule has 0 radical (unpaired) electrons. The SMILES string of the molecule is Cc1cc(COc2ccc(C(=O)NCC(C3CCN(C(=O)OC(C)(C)C)CC3)C3NC(=O)NC3=O)cc2)c2ccccc2n1. The number of aryl methyl sites for hydroxylation is 1. The van der Waals surface area contributed by atoms with Crippen LogP contribution >= 0.6 is 0 Å². The zero-order valence-corrected chi connectivity index (χ0v) is 25.5. The van der Waals surface area contributed by atoms with Gasteiger partial charge >= 0.3 is 12.1 Å². The van der Waals surface area contributed by atoms with Crippen molar-refractivity contribution in [2.45, 2.75) is 58.8 Å². The molecule has 232 valence electrons. The Balaban J connectivity index is 1.19. The van der Waals surface area contributed by atoms with Crippen LogP contribution in [0.15, 0.2) is 54.6 Å². The molecule has 3 heterocycles. The number of aromatic nitrogens is 1. The summed E-state index contributed by atoms with van der Waals surface area (Å²) in [7, 11) is 0. The number of nitrogens with zero attached hydrogens (tertiary/aromatic N) is 2. The maximum Gasteiger partial charge on any atom is 0.410 e. The van der Waals surface area contributed by atoms with Gasteiger partial charge in [0.2, 0.25) is 0 Å². The summed E-state index contributed by atoms with van der Waals surface area (Å²) in [5, 5.41) is 8.99. The van der Waals surface area contributed by atoms with Crippen molar-refractivity contribution in [1.82, 2.24) is 25.8 Å². The van der Waals surface area contributed by atoms with Crippen LogP contribution in [0.2, 0.25) is 0 Å². The Labute approximate surface area is 256 Å². The summed E-state index contributed by atoms with van der Waals surface area (Å²) in [6.07, 6.45) is 0.847. The van der Waals surface area contributed by atoms with Crippen LogP contribution in [-0.4, -0.2) is 65.1 Å². The molecular weight excluding hydrogens is 562 g/mol. The van der Waals surface area contributed by atoms with Gasteiger partial charge in [0.25, 0.3) is 11.8 Å². The second-order valence-corrected chi connectivity index (χ2v) is 12.4. The molecular formula is C33H39N5O6. The van der Waals surface area contributed by atoms with Crippen LogP contribution < -0.4 is 20.7 Å². The van der Waals surface area contributed by atoms with E-state index in [1.165, 1.54) is 0 Å². The third kappa shape index (κ3) is 7.45. The van der Waals surface area contributed by atoms with Gasteiger partial charge in [-0.1, -0.05) is 18.2 Å². The number of amides is 5. The first kappa shape index (κ1) is 30.8. The van der Waals surface area contributed by atoms with Crippen LogP contribution in [-0.2, 0) is 16.1 Å². The fraction of sp³-hybridized carbons (Fsp3) is 0.424. The zero-order chi connectivity index (χ0) is 31.4. The molecule has 44 heavy (non-hydrogen) atoms. The minimum Gasteiger partial charge on any atom is -0.489 e. The summed E-state index contributed by atoms with van der Waals surface area (Å²) in [5.74, 6) is -0.449. The number of nitrogens with one attached hydrogen (secondary N) is 3. The number of benzene rings is 2. The highest BCUT2D eigenvalue weighted by atomic mass is 16.6. The number of pyridine rings is 1. The molecule has 3 N–H and O–H groups in total. The monoisotopic (exact) mass is 601 g/mol. The lowest BCUT2D eigenvalue weighted by Crippen LogP contribution is -2.50. The molecule has 2 saturated heterocycles. The molecule has 0 bridgehead atoms. The van der Waals surface area contributed by atoms with Crippen molar-refractivity contribution in [3.8, 4) is 5.75 Å². The van der Waals surface area contributed by atoms with Gasteiger partial charge in [-0.2, -0.15) is 0 Å². The Morgan fingerprint density at radius 3 is 2.43 bits per heavy atom. The molecule has 2 aromatic carbocycles. The minimum atomic E-state index is -0.774. The number of para-hydroxylation sites is 1. The van der Waals surface area contributed by atoms with E-state index in [4.69, 9.17) is 9.47 Å². The summed E-state index contributed by atoms with van der Waals surface area (Å²) in [6.45, 7) is 8.88. The van der Waals surface area contributed by atoms with Gasteiger partial charge < -0.3 is 25.0 Å². The molecule has 5 rings (SSSR count). The fourth-order valence-corrected chi connectivity index (χ4v) is 5.82. The highest BCUT2D eigenvalue weighted by Crippen LogP contribution is 2.29.